The third kappa shape index (κ3) is 2.18. The number of nitrogens with two attached hydrogens (primary N) is 1. The van der Waals surface area contributed by atoms with E-state index >= 15 is 0 Å². The third-order valence-corrected chi connectivity index (χ3v) is 4.03. The van der Waals surface area contributed by atoms with E-state index in [2.05, 4.69) is 24.1 Å². The zero-order chi connectivity index (χ0) is 14.3. The summed E-state index contributed by atoms with van der Waals surface area (Å²) in [5.41, 5.74) is 10.9. The largest absolute Gasteiger partial charge is 0.374 e. The molecule has 2 aromatic carbocycles. The quantitative estimate of drug-likeness (QED) is 0.905. The molecule has 0 amide bonds. The van der Waals surface area contributed by atoms with Crippen molar-refractivity contribution >= 4 is 5.69 Å². The Bertz CT molecular complexity index is 649. The van der Waals surface area contributed by atoms with Gasteiger partial charge in [0, 0.05) is 30.9 Å². The van der Waals surface area contributed by atoms with Crippen LogP contribution in [0.3, 0.4) is 0 Å². The first-order valence-electron chi connectivity index (χ1n) is 6.96. The van der Waals surface area contributed by atoms with Gasteiger partial charge in [-0.2, -0.15) is 0 Å². The maximum atomic E-state index is 14.1. The van der Waals surface area contributed by atoms with Gasteiger partial charge in [-0.25, -0.2) is 4.39 Å². The first-order chi connectivity index (χ1) is 9.56. The van der Waals surface area contributed by atoms with E-state index in [-0.39, 0.29) is 11.9 Å². The molecule has 0 bridgehead atoms. The Labute approximate surface area is 119 Å². The fourth-order valence-corrected chi connectivity index (χ4v) is 2.78. The number of hydrogen-bond acceptors (Lipinski definition) is 2. The van der Waals surface area contributed by atoms with E-state index < -0.39 is 0 Å². The topological polar surface area (TPSA) is 29.3 Å². The molecule has 3 rings (SSSR count). The Morgan fingerprint density at radius 1 is 1.20 bits per heavy atom. The Morgan fingerprint density at radius 3 is 2.75 bits per heavy atom. The molecule has 0 saturated carbocycles. The second kappa shape index (κ2) is 4.91. The Morgan fingerprint density at radius 2 is 2.00 bits per heavy atom. The van der Waals surface area contributed by atoms with E-state index in [1.54, 1.807) is 6.07 Å². The molecule has 1 heterocycles. The van der Waals surface area contributed by atoms with Gasteiger partial charge in [-0.3, -0.25) is 0 Å². The molecule has 0 aromatic heterocycles. The van der Waals surface area contributed by atoms with Gasteiger partial charge in [-0.05, 0) is 54.3 Å². The smallest absolute Gasteiger partial charge is 0.131 e. The van der Waals surface area contributed by atoms with Crippen LogP contribution in [-0.2, 0) is 6.42 Å². The minimum Gasteiger partial charge on any atom is -0.374 e. The minimum absolute atomic E-state index is 0.0880. The summed E-state index contributed by atoms with van der Waals surface area (Å²) in [5, 5.41) is 0. The van der Waals surface area contributed by atoms with Crippen molar-refractivity contribution in [3.8, 4) is 11.1 Å². The molecule has 0 radical (unpaired) electrons. The lowest BCUT2D eigenvalue weighted by molar-refractivity contribution is 0.629. The van der Waals surface area contributed by atoms with Gasteiger partial charge in [0.15, 0.2) is 0 Å². The van der Waals surface area contributed by atoms with E-state index in [9.17, 15) is 4.39 Å². The van der Waals surface area contributed by atoms with Crippen molar-refractivity contribution < 1.29 is 4.39 Å². The van der Waals surface area contributed by atoms with Crippen molar-refractivity contribution in [3.63, 3.8) is 0 Å². The van der Waals surface area contributed by atoms with E-state index in [0.717, 1.165) is 24.1 Å². The molecular weight excluding hydrogens is 251 g/mol. The Balaban J connectivity index is 2.07. The van der Waals surface area contributed by atoms with Crippen LogP contribution in [0.5, 0.6) is 0 Å². The number of halogens is 1. The van der Waals surface area contributed by atoms with Crippen LogP contribution in [0.2, 0.25) is 0 Å². The number of nitrogens with zero attached hydrogens (tertiary/aromatic N) is 1. The summed E-state index contributed by atoms with van der Waals surface area (Å²) >= 11 is 0. The first-order valence-corrected chi connectivity index (χ1v) is 6.96. The van der Waals surface area contributed by atoms with E-state index in [1.807, 2.05) is 19.1 Å². The van der Waals surface area contributed by atoms with Crippen LogP contribution in [0.15, 0.2) is 36.4 Å². The second-order valence-electron chi connectivity index (χ2n) is 5.54. The number of anilines is 1. The van der Waals surface area contributed by atoms with Crippen LogP contribution in [0.25, 0.3) is 11.1 Å². The molecule has 0 fully saturated rings. The summed E-state index contributed by atoms with van der Waals surface area (Å²) in [5.74, 6) is -0.194. The van der Waals surface area contributed by atoms with Crippen LogP contribution in [0, 0.1) is 5.82 Å². The summed E-state index contributed by atoms with van der Waals surface area (Å²) in [6, 6.07) is 11.2. The van der Waals surface area contributed by atoms with Crippen molar-refractivity contribution in [2.45, 2.75) is 19.4 Å². The van der Waals surface area contributed by atoms with Gasteiger partial charge in [0.1, 0.15) is 5.82 Å². The monoisotopic (exact) mass is 270 g/mol. The fraction of sp³-hybridized carbons (Fsp3) is 0.294. The van der Waals surface area contributed by atoms with Crippen molar-refractivity contribution in [2.24, 2.45) is 5.73 Å². The molecule has 1 unspecified atom stereocenters. The van der Waals surface area contributed by atoms with Crippen LogP contribution in [-0.4, -0.2) is 13.6 Å². The molecule has 1 aliphatic rings. The number of hydrogen-bond donors (Lipinski definition) is 1. The predicted octanol–water partition coefficient (Wildman–Crippen LogP) is 3.50. The van der Waals surface area contributed by atoms with Gasteiger partial charge < -0.3 is 10.6 Å². The van der Waals surface area contributed by atoms with Crippen molar-refractivity contribution in [3.05, 3.63) is 53.3 Å². The average Bonchev–Trinajstić information content (AvgIpc) is 2.80. The number of rotatable bonds is 2. The van der Waals surface area contributed by atoms with Gasteiger partial charge in [-0.1, -0.05) is 12.1 Å². The zero-order valence-corrected chi connectivity index (χ0v) is 11.9. The Kier molecular flexibility index (Phi) is 3.22. The molecule has 3 heteroatoms. The van der Waals surface area contributed by atoms with Gasteiger partial charge >= 0.3 is 0 Å². The van der Waals surface area contributed by atoms with Crippen molar-refractivity contribution in [1.29, 1.82) is 0 Å². The lowest BCUT2D eigenvalue weighted by Crippen LogP contribution is -2.12. The summed E-state index contributed by atoms with van der Waals surface area (Å²) in [6.07, 6.45) is 1.02. The molecular formula is C17H19FN2. The predicted molar refractivity (Wildman–Crippen MR) is 81.4 cm³/mol. The molecule has 2 nitrogen and oxygen atoms in total. The molecule has 0 saturated heterocycles. The number of fused-ring (bicyclic) bond motifs is 1. The molecule has 1 aliphatic heterocycles. The molecule has 0 spiro atoms. The summed E-state index contributed by atoms with van der Waals surface area (Å²) in [7, 11) is 2.09. The summed E-state index contributed by atoms with van der Waals surface area (Å²) < 4.78 is 14.1. The third-order valence-electron chi connectivity index (χ3n) is 4.03. The van der Waals surface area contributed by atoms with Gasteiger partial charge in [0.2, 0.25) is 0 Å². The summed E-state index contributed by atoms with van der Waals surface area (Å²) in [6.45, 7) is 2.94. The number of benzene rings is 2. The van der Waals surface area contributed by atoms with E-state index in [0.29, 0.717) is 5.56 Å². The highest BCUT2D eigenvalue weighted by molar-refractivity contribution is 5.71. The highest BCUT2D eigenvalue weighted by Crippen LogP contribution is 2.33. The summed E-state index contributed by atoms with van der Waals surface area (Å²) in [4.78, 5) is 2.23. The Hall–Kier alpha value is -1.87. The highest BCUT2D eigenvalue weighted by atomic mass is 19.1. The SMILES string of the molecule is CC(N)c1ccc(F)c(-c2ccc3c(c2)CCN3C)c1. The van der Waals surface area contributed by atoms with Crippen molar-refractivity contribution in [2.75, 3.05) is 18.5 Å². The van der Waals surface area contributed by atoms with Gasteiger partial charge in [-0.15, -0.1) is 0 Å². The zero-order valence-electron chi connectivity index (χ0n) is 11.9. The van der Waals surface area contributed by atoms with Crippen LogP contribution in [0.1, 0.15) is 24.1 Å². The normalized spacial score (nSPS) is 15.3. The molecule has 104 valence electrons. The maximum Gasteiger partial charge on any atom is 0.131 e. The first kappa shape index (κ1) is 13.1. The lowest BCUT2D eigenvalue weighted by Gasteiger charge is -2.13. The highest BCUT2D eigenvalue weighted by Gasteiger charge is 2.17. The molecule has 20 heavy (non-hydrogen) atoms. The van der Waals surface area contributed by atoms with Crippen LogP contribution >= 0.6 is 0 Å². The fourth-order valence-electron chi connectivity index (χ4n) is 2.78. The molecule has 2 N–H and O–H groups in total. The minimum atomic E-state index is -0.194. The van der Waals surface area contributed by atoms with Gasteiger partial charge in [0.05, 0.1) is 0 Å². The molecule has 2 aromatic rings. The van der Waals surface area contributed by atoms with Crippen LogP contribution in [0.4, 0.5) is 10.1 Å². The average molecular weight is 270 g/mol. The standard InChI is InChI=1S/C17H19FN2/c1-11(19)12-3-5-16(18)15(10-12)13-4-6-17-14(9-13)7-8-20(17)2/h3-6,9-11H,7-8,19H2,1-2H3. The van der Waals surface area contributed by atoms with Crippen LogP contribution < -0.4 is 10.6 Å². The maximum absolute atomic E-state index is 14.1. The molecule has 0 aliphatic carbocycles. The molecule has 1 atom stereocenters. The van der Waals surface area contributed by atoms with Gasteiger partial charge in [0.25, 0.3) is 0 Å². The van der Waals surface area contributed by atoms with E-state index in [1.165, 1.54) is 17.3 Å². The second-order valence-corrected chi connectivity index (χ2v) is 5.54. The van der Waals surface area contributed by atoms with Crippen molar-refractivity contribution in [1.82, 2.24) is 0 Å². The lowest BCUT2D eigenvalue weighted by atomic mass is 9.97. The van der Waals surface area contributed by atoms with E-state index in [4.69, 9.17) is 5.73 Å². The number of likely N-dealkylation sites (N-methyl/N-ethyl adjacent to an activating group) is 1.